The fraction of sp³-hybridized carbons (Fsp3) is 0.300. The third-order valence-corrected chi connectivity index (χ3v) is 2.30. The van der Waals surface area contributed by atoms with Crippen LogP contribution < -0.4 is 4.74 Å². The monoisotopic (exact) mass is 278 g/mol. The number of carbonyl (C=O) groups is 1. The van der Waals surface area contributed by atoms with Crippen LogP contribution in [0.25, 0.3) is 0 Å². The van der Waals surface area contributed by atoms with Gasteiger partial charge in [-0.1, -0.05) is 15.9 Å². The molecule has 15 heavy (non-hydrogen) atoms. The number of hydrogen-bond donors (Lipinski definition) is 0. The van der Waals surface area contributed by atoms with E-state index in [1.165, 1.54) is 19.2 Å². The first-order valence-corrected chi connectivity index (χ1v) is 4.91. The van der Waals surface area contributed by atoms with Crippen molar-refractivity contribution in [1.82, 2.24) is 0 Å². The molecule has 2 nitrogen and oxygen atoms in total. The summed E-state index contributed by atoms with van der Waals surface area (Å²) in [6.07, 6.45) is 0. The van der Waals surface area contributed by atoms with Crippen LogP contribution in [0.4, 0.5) is 8.78 Å². The van der Waals surface area contributed by atoms with Crippen molar-refractivity contribution >= 4 is 21.7 Å². The number of ketones is 1. The van der Waals surface area contributed by atoms with Crippen LogP contribution in [0.2, 0.25) is 0 Å². The van der Waals surface area contributed by atoms with E-state index in [0.717, 1.165) is 0 Å². The van der Waals surface area contributed by atoms with Gasteiger partial charge in [-0.2, -0.15) is 8.78 Å². The lowest BCUT2D eigenvalue weighted by Gasteiger charge is -2.12. The normalized spacial score (nSPS) is 11.3. The van der Waals surface area contributed by atoms with Crippen molar-refractivity contribution < 1.29 is 18.3 Å². The van der Waals surface area contributed by atoms with Crippen LogP contribution in [0.15, 0.2) is 22.7 Å². The molecule has 0 amide bonds. The molecule has 1 aromatic rings. The van der Waals surface area contributed by atoms with Gasteiger partial charge in [0.05, 0.1) is 12.7 Å². The molecule has 0 aliphatic carbocycles. The first-order valence-electron chi connectivity index (χ1n) is 4.12. The van der Waals surface area contributed by atoms with Crippen LogP contribution >= 0.6 is 15.9 Å². The molecule has 0 aliphatic rings. The third-order valence-electron chi connectivity index (χ3n) is 1.80. The zero-order valence-electron chi connectivity index (χ0n) is 8.18. The van der Waals surface area contributed by atoms with E-state index < -0.39 is 11.7 Å². The highest BCUT2D eigenvalue weighted by molar-refractivity contribution is 9.10. The van der Waals surface area contributed by atoms with E-state index in [2.05, 4.69) is 15.9 Å². The molecular formula is C10H9BrF2O2. The Bertz CT molecular complexity index is 385. The summed E-state index contributed by atoms with van der Waals surface area (Å²) in [5.74, 6) is -4.50. The van der Waals surface area contributed by atoms with E-state index >= 15 is 0 Å². The molecule has 0 heterocycles. The van der Waals surface area contributed by atoms with E-state index in [1.807, 2.05) is 0 Å². The maximum absolute atomic E-state index is 12.8. The second-order valence-electron chi connectivity index (χ2n) is 3.06. The predicted octanol–water partition coefficient (Wildman–Crippen LogP) is 3.30. The molecule has 0 radical (unpaired) electrons. The van der Waals surface area contributed by atoms with E-state index in [-0.39, 0.29) is 11.3 Å². The van der Waals surface area contributed by atoms with Crippen molar-refractivity contribution in [2.24, 2.45) is 0 Å². The second kappa shape index (κ2) is 4.26. The summed E-state index contributed by atoms with van der Waals surface area (Å²) in [7, 11) is 1.33. The van der Waals surface area contributed by atoms with Crippen molar-refractivity contribution in [3.05, 3.63) is 28.2 Å². The Morgan fingerprint density at radius 1 is 1.47 bits per heavy atom. The molecule has 0 bridgehead atoms. The summed E-state index contributed by atoms with van der Waals surface area (Å²) >= 11 is 3.11. The largest absolute Gasteiger partial charge is 0.496 e. The summed E-state index contributed by atoms with van der Waals surface area (Å²) in [5, 5.41) is 0. The number of alkyl halides is 2. The Morgan fingerprint density at radius 2 is 2.07 bits per heavy atom. The molecule has 0 spiro atoms. The summed E-state index contributed by atoms with van der Waals surface area (Å²) in [6, 6.07) is 4.39. The van der Waals surface area contributed by atoms with E-state index in [0.29, 0.717) is 11.4 Å². The Kier molecular flexibility index (Phi) is 3.44. The minimum absolute atomic E-state index is 0.126. The van der Waals surface area contributed by atoms with Crippen LogP contribution in [0.3, 0.4) is 0 Å². The summed E-state index contributed by atoms with van der Waals surface area (Å²) < 4.78 is 31.1. The molecule has 5 heteroatoms. The van der Waals surface area contributed by atoms with Crippen molar-refractivity contribution in [1.29, 1.82) is 0 Å². The summed E-state index contributed by atoms with van der Waals surface area (Å²) in [4.78, 5) is 11.3. The number of Topliss-reactive ketones (excluding diaryl/α,β-unsaturated/α-hetero) is 1. The van der Waals surface area contributed by atoms with E-state index in [9.17, 15) is 13.6 Å². The molecule has 1 rings (SSSR count). The molecule has 0 aliphatic heterocycles. The minimum atomic E-state index is -3.39. The van der Waals surface area contributed by atoms with Crippen LogP contribution in [0.1, 0.15) is 17.3 Å². The molecule has 82 valence electrons. The van der Waals surface area contributed by atoms with E-state index in [4.69, 9.17) is 4.74 Å². The van der Waals surface area contributed by atoms with Gasteiger partial charge >= 0.3 is 5.92 Å². The van der Waals surface area contributed by atoms with E-state index in [1.54, 1.807) is 6.07 Å². The zero-order chi connectivity index (χ0) is 11.6. The highest BCUT2D eigenvalue weighted by Crippen LogP contribution is 2.28. The average molecular weight is 279 g/mol. The number of ether oxygens (including phenoxy) is 1. The van der Waals surface area contributed by atoms with Crippen molar-refractivity contribution in [2.75, 3.05) is 7.11 Å². The molecule has 0 N–H and O–H groups in total. The first kappa shape index (κ1) is 12.1. The number of halogens is 3. The average Bonchev–Trinajstić information content (AvgIpc) is 2.15. The fourth-order valence-corrected chi connectivity index (χ4v) is 1.46. The summed E-state index contributed by atoms with van der Waals surface area (Å²) in [5.41, 5.74) is -0.126. The SMILES string of the molecule is COc1ccc(Br)cc1C(=O)C(C)(F)F. The quantitative estimate of drug-likeness (QED) is 0.793. The van der Waals surface area contributed by atoms with Crippen molar-refractivity contribution in [3.63, 3.8) is 0 Å². The van der Waals surface area contributed by atoms with Crippen molar-refractivity contribution in [3.8, 4) is 5.75 Å². The standard InChI is InChI=1S/C10H9BrF2O2/c1-10(12,13)9(14)7-5-6(11)3-4-8(7)15-2/h3-5H,1-2H3. The lowest BCUT2D eigenvalue weighted by molar-refractivity contribution is 0.0219. The summed E-state index contributed by atoms with van der Waals surface area (Å²) in [6.45, 7) is 0.565. The van der Waals surface area contributed by atoms with Gasteiger partial charge < -0.3 is 4.74 Å². The van der Waals surface area contributed by atoms with Gasteiger partial charge in [-0.05, 0) is 18.2 Å². The zero-order valence-corrected chi connectivity index (χ0v) is 9.77. The first-order chi connectivity index (χ1) is 6.86. The smallest absolute Gasteiger partial charge is 0.307 e. The molecule has 0 atom stereocenters. The van der Waals surface area contributed by atoms with Crippen LogP contribution in [0.5, 0.6) is 5.75 Å². The highest BCUT2D eigenvalue weighted by Gasteiger charge is 2.35. The molecule has 0 aromatic heterocycles. The fourth-order valence-electron chi connectivity index (χ4n) is 1.09. The van der Waals surface area contributed by atoms with Gasteiger partial charge in [-0.3, -0.25) is 4.79 Å². The number of hydrogen-bond acceptors (Lipinski definition) is 2. The maximum atomic E-state index is 12.8. The number of carbonyl (C=O) groups excluding carboxylic acids is 1. The third kappa shape index (κ3) is 2.75. The Balaban J connectivity index is 3.23. The maximum Gasteiger partial charge on any atom is 0.307 e. The molecular weight excluding hydrogens is 270 g/mol. The van der Waals surface area contributed by atoms with Gasteiger partial charge in [0, 0.05) is 11.4 Å². The second-order valence-corrected chi connectivity index (χ2v) is 3.98. The molecule has 0 fully saturated rings. The Hall–Kier alpha value is -0.970. The van der Waals surface area contributed by atoms with Gasteiger partial charge in [0.1, 0.15) is 5.75 Å². The van der Waals surface area contributed by atoms with Crippen molar-refractivity contribution in [2.45, 2.75) is 12.8 Å². The molecule has 1 aromatic carbocycles. The lowest BCUT2D eigenvalue weighted by atomic mass is 10.1. The van der Waals surface area contributed by atoms with Crippen LogP contribution in [-0.2, 0) is 0 Å². The molecule has 0 saturated carbocycles. The van der Waals surface area contributed by atoms with Gasteiger partial charge in [0.2, 0.25) is 5.78 Å². The number of methoxy groups -OCH3 is 1. The topological polar surface area (TPSA) is 26.3 Å². The van der Waals surface area contributed by atoms with Gasteiger partial charge in [0.15, 0.2) is 0 Å². The van der Waals surface area contributed by atoms with Crippen LogP contribution in [-0.4, -0.2) is 18.8 Å². The lowest BCUT2D eigenvalue weighted by Crippen LogP contribution is -2.24. The minimum Gasteiger partial charge on any atom is -0.496 e. The molecule has 0 saturated heterocycles. The van der Waals surface area contributed by atoms with Gasteiger partial charge in [0.25, 0.3) is 0 Å². The van der Waals surface area contributed by atoms with Crippen LogP contribution in [0, 0.1) is 0 Å². The van der Waals surface area contributed by atoms with Gasteiger partial charge in [-0.15, -0.1) is 0 Å². The Morgan fingerprint density at radius 3 is 2.53 bits per heavy atom. The highest BCUT2D eigenvalue weighted by atomic mass is 79.9. The van der Waals surface area contributed by atoms with Gasteiger partial charge in [-0.25, -0.2) is 0 Å². The predicted molar refractivity (Wildman–Crippen MR) is 55.6 cm³/mol. The number of benzene rings is 1. The Labute approximate surface area is 94.4 Å². The molecule has 0 unspecified atom stereocenters. The number of rotatable bonds is 3.